The Morgan fingerprint density at radius 2 is 1.86 bits per heavy atom. The Morgan fingerprint density at radius 1 is 1.14 bits per heavy atom. The van der Waals surface area contributed by atoms with Crippen LogP contribution in [0, 0.1) is 0 Å². The van der Waals surface area contributed by atoms with Crippen LogP contribution in [0.2, 0.25) is 10.0 Å². The molecule has 3 rings (SSSR count). The van der Waals surface area contributed by atoms with Gasteiger partial charge in [-0.3, -0.25) is 4.79 Å². The molecule has 28 heavy (non-hydrogen) atoms. The third-order valence-corrected chi connectivity index (χ3v) is 6.06. The molecule has 0 aromatic heterocycles. The molecule has 0 bridgehead atoms. The number of halogens is 2. The lowest BCUT2D eigenvalue weighted by molar-refractivity contribution is -0.125. The normalized spacial score (nSPS) is 16.5. The van der Waals surface area contributed by atoms with Crippen LogP contribution in [0.1, 0.15) is 24.0 Å². The van der Waals surface area contributed by atoms with E-state index in [2.05, 4.69) is 5.32 Å². The number of nitrogens with one attached hydrogen (secondary N) is 1. The molecule has 6 nitrogen and oxygen atoms in total. The van der Waals surface area contributed by atoms with Crippen molar-refractivity contribution in [3.05, 3.63) is 63.6 Å². The van der Waals surface area contributed by atoms with Crippen LogP contribution in [0.5, 0.6) is 0 Å². The SMILES string of the molecule is NS(=O)(=O)Cc1cccc(NC(=O)C2(c3ccc(Cl)cc3Cl)CCOCC2)c1. The van der Waals surface area contributed by atoms with Gasteiger partial charge in [-0.1, -0.05) is 41.4 Å². The van der Waals surface area contributed by atoms with Crippen LogP contribution in [0.15, 0.2) is 42.5 Å². The first-order chi connectivity index (χ1) is 13.2. The van der Waals surface area contributed by atoms with Crippen LogP contribution in [0.25, 0.3) is 0 Å². The third kappa shape index (κ3) is 4.85. The lowest BCUT2D eigenvalue weighted by Gasteiger charge is -2.36. The van der Waals surface area contributed by atoms with Crippen molar-refractivity contribution in [3.8, 4) is 0 Å². The van der Waals surface area contributed by atoms with Gasteiger partial charge in [0.1, 0.15) is 0 Å². The van der Waals surface area contributed by atoms with E-state index in [1.54, 1.807) is 42.5 Å². The quantitative estimate of drug-likeness (QED) is 0.740. The number of carbonyl (C=O) groups excluding carboxylic acids is 1. The molecule has 0 atom stereocenters. The van der Waals surface area contributed by atoms with Gasteiger partial charge in [0.15, 0.2) is 0 Å². The van der Waals surface area contributed by atoms with Crippen molar-refractivity contribution in [2.24, 2.45) is 5.14 Å². The van der Waals surface area contributed by atoms with E-state index in [4.69, 9.17) is 33.1 Å². The van der Waals surface area contributed by atoms with Crippen molar-refractivity contribution in [1.29, 1.82) is 0 Å². The summed E-state index contributed by atoms with van der Waals surface area (Å²) in [4.78, 5) is 13.3. The highest BCUT2D eigenvalue weighted by atomic mass is 35.5. The molecule has 1 aliphatic rings. The van der Waals surface area contributed by atoms with E-state index in [1.165, 1.54) is 0 Å². The van der Waals surface area contributed by atoms with E-state index in [0.29, 0.717) is 52.9 Å². The summed E-state index contributed by atoms with van der Waals surface area (Å²) in [6.45, 7) is 0.857. The molecule has 1 fully saturated rings. The van der Waals surface area contributed by atoms with E-state index in [0.717, 1.165) is 0 Å². The van der Waals surface area contributed by atoms with Crippen molar-refractivity contribution in [1.82, 2.24) is 0 Å². The van der Waals surface area contributed by atoms with Crippen LogP contribution in [0.3, 0.4) is 0 Å². The number of rotatable bonds is 5. The molecule has 0 aliphatic carbocycles. The van der Waals surface area contributed by atoms with Gasteiger partial charge >= 0.3 is 0 Å². The maximum atomic E-state index is 13.3. The van der Waals surface area contributed by atoms with Gasteiger partial charge < -0.3 is 10.1 Å². The summed E-state index contributed by atoms with van der Waals surface area (Å²) in [6, 6.07) is 11.7. The Labute approximate surface area is 174 Å². The zero-order valence-corrected chi connectivity index (χ0v) is 17.3. The molecule has 150 valence electrons. The van der Waals surface area contributed by atoms with Gasteiger partial charge in [-0.15, -0.1) is 0 Å². The molecular weight excluding hydrogens is 423 g/mol. The molecule has 0 spiro atoms. The smallest absolute Gasteiger partial charge is 0.235 e. The minimum atomic E-state index is -3.67. The summed E-state index contributed by atoms with van der Waals surface area (Å²) in [5, 5.41) is 8.92. The largest absolute Gasteiger partial charge is 0.381 e. The summed E-state index contributed by atoms with van der Waals surface area (Å²) in [6.07, 6.45) is 0.939. The Hall–Kier alpha value is -1.64. The zero-order valence-electron chi connectivity index (χ0n) is 15.0. The van der Waals surface area contributed by atoms with Gasteiger partial charge in [-0.2, -0.15) is 0 Å². The fraction of sp³-hybridized carbons (Fsp3) is 0.316. The van der Waals surface area contributed by atoms with Gasteiger partial charge in [0.25, 0.3) is 0 Å². The number of anilines is 1. The molecule has 0 saturated carbocycles. The van der Waals surface area contributed by atoms with Crippen molar-refractivity contribution >= 4 is 44.8 Å². The fourth-order valence-corrected chi connectivity index (χ4v) is 4.67. The Balaban J connectivity index is 1.92. The van der Waals surface area contributed by atoms with E-state index >= 15 is 0 Å². The van der Waals surface area contributed by atoms with Crippen LogP contribution in [0.4, 0.5) is 5.69 Å². The molecule has 1 saturated heterocycles. The maximum absolute atomic E-state index is 13.3. The molecule has 1 aliphatic heterocycles. The molecule has 0 unspecified atom stereocenters. The van der Waals surface area contributed by atoms with E-state index in [1.807, 2.05) is 0 Å². The minimum absolute atomic E-state index is 0.229. The summed E-state index contributed by atoms with van der Waals surface area (Å²) in [7, 11) is -3.67. The minimum Gasteiger partial charge on any atom is -0.381 e. The van der Waals surface area contributed by atoms with Crippen molar-refractivity contribution in [2.45, 2.75) is 24.0 Å². The highest BCUT2D eigenvalue weighted by Crippen LogP contribution is 2.40. The second kappa shape index (κ2) is 8.39. The number of primary sulfonamides is 1. The van der Waals surface area contributed by atoms with Crippen LogP contribution in [-0.2, 0) is 30.7 Å². The number of carbonyl (C=O) groups is 1. The first kappa shape index (κ1) is 21.1. The average Bonchev–Trinajstić information content (AvgIpc) is 2.61. The van der Waals surface area contributed by atoms with Crippen LogP contribution >= 0.6 is 23.2 Å². The lowest BCUT2D eigenvalue weighted by Crippen LogP contribution is -2.45. The Kier molecular flexibility index (Phi) is 6.31. The number of benzene rings is 2. The van der Waals surface area contributed by atoms with Crippen molar-refractivity contribution < 1.29 is 17.9 Å². The third-order valence-electron chi connectivity index (χ3n) is 4.78. The number of hydrogen-bond donors (Lipinski definition) is 2. The molecule has 9 heteroatoms. The number of ether oxygens (including phenoxy) is 1. The highest BCUT2D eigenvalue weighted by molar-refractivity contribution is 7.88. The van der Waals surface area contributed by atoms with Crippen molar-refractivity contribution in [3.63, 3.8) is 0 Å². The second-order valence-corrected chi connectivity index (χ2v) is 9.24. The van der Waals surface area contributed by atoms with E-state index in [-0.39, 0.29) is 11.7 Å². The molecule has 1 heterocycles. The fourth-order valence-electron chi connectivity index (χ4n) is 3.44. The van der Waals surface area contributed by atoms with Gasteiger partial charge in [0.2, 0.25) is 15.9 Å². The van der Waals surface area contributed by atoms with Crippen LogP contribution < -0.4 is 10.5 Å². The standard InChI is InChI=1S/C19H20Cl2N2O4S/c20-14-4-5-16(17(21)11-14)19(6-8-27-9-7-19)18(24)23-15-3-1-2-13(10-15)12-28(22,25)26/h1-5,10-11H,6-9,12H2,(H,23,24)(H2,22,25,26). The molecule has 2 aromatic carbocycles. The molecule has 2 aromatic rings. The predicted molar refractivity (Wildman–Crippen MR) is 110 cm³/mol. The average molecular weight is 443 g/mol. The predicted octanol–water partition coefficient (Wildman–Crippen LogP) is 3.47. The Bertz CT molecular complexity index is 989. The Morgan fingerprint density at radius 3 is 2.50 bits per heavy atom. The number of sulfonamides is 1. The van der Waals surface area contributed by atoms with E-state index in [9.17, 15) is 13.2 Å². The molecule has 3 N–H and O–H groups in total. The zero-order chi connectivity index (χ0) is 20.4. The topological polar surface area (TPSA) is 98.5 Å². The monoisotopic (exact) mass is 442 g/mol. The first-order valence-corrected chi connectivity index (χ1v) is 11.1. The molecular formula is C19H20Cl2N2O4S. The number of amides is 1. The van der Waals surface area contributed by atoms with Crippen LogP contribution in [-0.4, -0.2) is 27.5 Å². The first-order valence-electron chi connectivity index (χ1n) is 8.64. The second-order valence-electron chi connectivity index (χ2n) is 6.78. The summed E-state index contributed by atoms with van der Waals surface area (Å²) in [5.41, 5.74) is 0.809. The van der Waals surface area contributed by atoms with Gasteiger partial charge in [-0.25, -0.2) is 13.6 Å². The molecule has 0 radical (unpaired) electrons. The van der Waals surface area contributed by atoms with Gasteiger partial charge in [-0.05, 0) is 48.2 Å². The summed E-state index contributed by atoms with van der Waals surface area (Å²) in [5.74, 6) is -0.536. The highest BCUT2D eigenvalue weighted by Gasteiger charge is 2.43. The molecule has 1 amide bonds. The summed E-state index contributed by atoms with van der Waals surface area (Å²) < 4.78 is 28.1. The number of nitrogens with two attached hydrogens (primary N) is 1. The lowest BCUT2D eigenvalue weighted by atomic mass is 9.73. The van der Waals surface area contributed by atoms with Gasteiger partial charge in [0, 0.05) is 28.9 Å². The summed E-state index contributed by atoms with van der Waals surface area (Å²) >= 11 is 12.4. The van der Waals surface area contributed by atoms with E-state index < -0.39 is 15.4 Å². The van der Waals surface area contributed by atoms with Crippen molar-refractivity contribution in [2.75, 3.05) is 18.5 Å². The van der Waals surface area contributed by atoms with Gasteiger partial charge in [0.05, 0.1) is 11.2 Å². The number of hydrogen-bond acceptors (Lipinski definition) is 4. The maximum Gasteiger partial charge on any atom is 0.235 e.